The molecule has 1 aliphatic rings. The number of carbonyl (C=O) groups is 1. The molecular formula is C13H14N2OS. The molecule has 1 aromatic rings. The van der Waals surface area contributed by atoms with Crippen molar-refractivity contribution in [2.24, 2.45) is 5.92 Å². The summed E-state index contributed by atoms with van der Waals surface area (Å²) in [5.74, 6) is 0.692. The van der Waals surface area contributed by atoms with Crippen LogP contribution in [0.1, 0.15) is 12.8 Å². The molecule has 1 amide bonds. The molecule has 2 rings (SSSR count). The molecule has 0 saturated heterocycles. The molecule has 1 N–H and O–H groups in total. The van der Waals surface area contributed by atoms with E-state index in [1.54, 1.807) is 0 Å². The van der Waals surface area contributed by atoms with E-state index < -0.39 is 0 Å². The van der Waals surface area contributed by atoms with Gasteiger partial charge in [-0.05, 0) is 30.9 Å². The SMILES string of the molecule is N#CC(NC(=O)CSc1ccccc1)C1CC1. The Balaban J connectivity index is 1.76. The van der Waals surface area contributed by atoms with Crippen molar-refractivity contribution >= 4 is 17.7 Å². The molecule has 0 radical (unpaired) electrons. The lowest BCUT2D eigenvalue weighted by Crippen LogP contribution is -2.36. The molecule has 1 atom stereocenters. The molecule has 1 fully saturated rings. The highest BCUT2D eigenvalue weighted by Crippen LogP contribution is 2.32. The van der Waals surface area contributed by atoms with Gasteiger partial charge in [0, 0.05) is 4.90 Å². The Kier molecular flexibility index (Phi) is 4.05. The third kappa shape index (κ3) is 3.79. The molecule has 1 unspecified atom stereocenters. The van der Waals surface area contributed by atoms with Crippen molar-refractivity contribution in [1.29, 1.82) is 5.26 Å². The van der Waals surface area contributed by atoms with E-state index in [1.165, 1.54) is 11.8 Å². The van der Waals surface area contributed by atoms with Crippen LogP contribution < -0.4 is 5.32 Å². The van der Waals surface area contributed by atoms with Gasteiger partial charge in [0.05, 0.1) is 11.8 Å². The summed E-state index contributed by atoms with van der Waals surface area (Å²) in [6.45, 7) is 0. The largest absolute Gasteiger partial charge is 0.339 e. The van der Waals surface area contributed by atoms with Crippen molar-refractivity contribution in [2.75, 3.05) is 5.75 Å². The molecular weight excluding hydrogens is 232 g/mol. The molecule has 17 heavy (non-hydrogen) atoms. The van der Waals surface area contributed by atoms with Crippen LogP contribution in [0.25, 0.3) is 0 Å². The van der Waals surface area contributed by atoms with Crippen LogP contribution in [0, 0.1) is 17.2 Å². The first-order valence-electron chi connectivity index (χ1n) is 5.66. The number of hydrogen-bond acceptors (Lipinski definition) is 3. The van der Waals surface area contributed by atoms with Crippen LogP contribution in [0.4, 0.5) is 0 Å². The number of nitriles is 1. The molecule has 3 nitrogen and oxygen atoms in total. The van der Waals surface area contributed by atoms with Gasteiger partial charge in [-0.2, -0.15) is 5.26 Å². The fourth-order valence-electron chi connectivity index (χ4n) is 1.57. The van der Waals surface area contributed by atoms with Crippen molar-refractivity contribution in [3.63, 3.8) is 0 Å². The van der Waals surface area contributed by atoms with Gasteiger partial charge in [0.2, 0.25) is 5.91 Å². The van der Waals surface area contributed by atoms with E-state index in [-0.39, 0.29) is 11.9 Å². The number of carbonyl (C=O) groups excluding carboxylic acids is 1. The van der Waals surface area contributed by atoms with Crippen LogP contribution in [0.2, 0.25) is 0 Å². The number of benzene rings is 1. The van der Waals surface area contributed by atoms with Gasteiger partial charge in [0.25, 0.3) is 0 Å². The second kappa shape index (κ2) is 5.74. The molecule has 88 valence electrons. The van der Waals surface area contributed by atoms with Gasteiger partial charge >= 0.3 is 0 Å². The van der Waals surface area contributed by atoms with Gasteiger partial charge in [0.15, 0.2) is 0 Å². The average Bonchev–Trinajstić information content (AvgIpc) is 3.19. The lowest BCUT2D eigenvalue weighted by Gasteiger charge is -2.09. The minimum atomic E-state index is -0.293. The van der Waals surface area contributed by atoms with Crippen LogP contribution in [0.15, 0.2) is 35.2 Å². The van der Waals surface area contributed by atoms with E-state index in [4.69, 9.17) is 5.26 Å². The van der Waals surface area contributed by atoms with Gasteiger partial charge in [-0.15, -0.1) is 11.8 Å². The molecule has 0 aliphatic heterocycles. The van der Waals surface area contributed by atoms with Gasteiger partial charge in [-0.3, -0.25) is 4.79 Å². The molecule has 1 saturated carbocycles. The van der Waals surface area contributed by atoms with E-state index in [9.17, 15) is 4.79 Å². The molecule has 0 heterocycles. The first-order valence-corrected chi connectivity index (χ1v) is 6.65. The van der Waals surface area contributed by atoms with Crippen molar-refractivity contribution < 1.29 is 4.79 Å². The number of nitrogens with zero attached hydrogens (tertiary/aromatic N) is 1. The Hall–Kier alpha value is -1.47. The summed E-state index contributed by atoms with van der Waals surface area (Å²) in [4.78, 5) is 12.7. The lowest BCUT2D eigenvalue weighted by molar-refractivity contribution is -0.119. The van der Waals surface area contributed by atoms with Crippen molar-refractivity contribution in [3.05, 3.63) is 30.3 Å². The van der Waals surface area contributed by atoms with Gasteiger partial charge in [0.1, 0.15) is 6.04 Å². The fourth-order valence-corrected chi connectivity index (χ4v) is 2.30. The second-order valence-corrected chi connectivity index (χ2v) is 5.16. The standard InChI is InChI=1S/C13H14N2OS/c14-8-12(10-6-7-10)15-13(16)9-17-11-4-2-1-3-5-11/h1-5,10,12H,6-7,9H2,(H,15,16). The van der Waals surface area contributed by atoms with Gasteiger partial charge in [-0.1, -0.05) is 18.2 Å². The van der Waals surface area contributed by atoms with Crippen molar-refractivity contribution in [3.8, 4) is 6.07 Å². The third-order valence-corrected chi connectivity index (χ3v) is 3.67. The highest BCUT2D eigenvalue weighted by atomic mass is 32.2. The maximum absolute atomic E-state index is 11.6. The highest BCUT2D eigenvalue weighted by Gasteiger charge is 2.32. The predicted molar refractivity (Wildman–Crippen MR) is 67.4 cm³/mol. The molecule has 0 aromatic heterocycles. The van der Waals surface area contributed by atoms with E-state index in [0.29, 0.717) is 11.7 Å². The van der Waals surface area contributed by atoms with Crippen LogP contribution in [-0.2, 0) is 4.79 Å². The third-order valence-electron chi connectivity index (χ3n) is 2.66. The number of thioether (sulfide) groups is 1. The Bertz CT molecular complexity index is 423. The number of amides is 1. The van der Waals surface area contributed by atoms with E-state index in [0.717, 1.165) is 17.7 Å². The van der Waals surface area contributed by atoms with Crippen LogP contribution >= 0.6 is 11.8 Å². The summed E-state index contributed by atoms with van der Waals surface area (Å²) in [5.41, 5.74) is 0. The average molecular weight is 246 g/mol. The first kappa shape index (κ1) is 12.0. The Labute approximate surface area is 105 Å². The summed E-state index contributed by atoms with van der Waals surface area (Å²) < 4.78 is 0. The Morgan fingerprint density at radius 2 is 2.18 bits per heavy atom. The smallest absolute Gasteiger partial charge is 0.231 e. The van der Waals surface area contributed by atoms with Crippen LogP contribution in [0.5, 0.6) is 0 Å². The minimum absolute atomic E-state index is 0.0581. The summed E-state index contributed by atoms with van der Waals surface area (Å²) in [7, 11) is 0. The number of hydrogen-bond donors (Lipinski definition) is 1. The topological polar surface area (TPSA) is 52.9 Å². The summed E-state index contributed by atoms with van der Waals surface area (Å²) >= 11 is 1.49. The highest BCUT2D eigenvalue weighted by molar-refractivity contribution is 8.00. The Morgan fingerprint density at radius 1 is 1.47 bits per heavy atom. The number of nitrogens with one attached hydrogen (secondary N) is 1. The normalized spacial score (nSPS) is 15.9. The van der Waals surface area contributed by atoms with Crippen LogP contribution in [-0.4, -0.2) is 17.7 Å². The summed E-state index contributed by atoms with van der Waals surface area (Å²) in [6.07, 6.45) is 2.12. The fraction of sp³-hybridized carbons (Fsp3) is 0.385. The van der Waals surface area contributed by atoms with Gasteiger partial charge in [-0.25, -0.2) is 0 Å². The van der Waals surface area contributed by atoms with E-state index >= 15 is 0 Å². The van der Waals surface area contributed by atoms with Crippen molar-refractivity contribution in [1.82, 2.24) is 5.32 Å². The van der Waals surface area contributed by atoms with Crippen molar-refractivity contribution in [2.45, 2.75) is 23.8 Å². The zero-order chi connectivity index (χ0) is 12.1. The quantitative estimate of drug-likeness (QED) is 0.810. The summed E-state index contributed by atoms with van der Waals surface area (Å²) in [6, 6.07) is 11.6. The van der Waals surface area contributed by atoms with Crippen LogP contribution in [0.3, 0.4) is 0 Å². The molecule has 4 heteroatoms. The first-order chi connectivity index (χ1) is 8.29. The lowest BCUT2D eigenvalue weighted by atomic mass is 10.2. The monoisotopic (exact) mass is 246 g/mol. The van der Waals surface area contributed by atoms with E-state index in [2.05, 4.69) is 11.4 Å². The molecule has 1 aromatic carbocycles. The second-order valence-electron chi connectivity index (χ2n) is 4.11. The maximum atomic E-state index is 11.6. The molecule has 1 aliphatic carbocycles. The minimum Gasteiger partial charge on any atom is -0.339 e. The van der Waals surface area contributed by atoms with Gasteiger partial charge < -0.3 is 5.32 Å². The molecule has 0 bridgehead atoms. The summed E-state index contributed by atoms with van der Waals surface area (Å²) in [5, 5.41) is 11.7. The predicted octanol–water partition coefficient (Wildman–Crippen LogP) is 2.20. The Morgan fingerprint density at radius 3 is 2.76 bits per heavy atom. The molecule has 0 spiro atoms. The maximum Gasteiger partial charge on any atom is 0.231 e. The number of rotatable bonds is 5. The zero-order valence-corrected chi connectivity index (χ0v) is 10.2. The zero-order valence-electron chi connectivity index (χ0n) is 9.43. The van der Waals surface area contributed by atoms with E-state index in [1.807, 2.05) is 30.3 Å².